The van der Waals surface area contributed by atoms with Gasteiger partial charge in [0.1, 0.15) is 18.0 Å². The maximum atomic E-state index is 12.2. The summed E-state index contributed by atoms with van der Waals surface area (Å²) >= 11 is 0. The molecule has 0 radical (unpaired) electrons. The molecular formula is C23H19NO5. The molecule has 4 atom stereocenters. The molecule has 2 heterocycles. The van der Waals surface area contributed by atoms with E-state index in [1.807, 2.05) is 54.6 Å². The van der Waals surface area contributed by atoms with Crippen LogP contribution in [0.4, 0.5) is 0 Å². The molecule has 2 aromatic carbocycles. The highest BCUT2D eigenvalue weighted by molar-refractivity contribution is 6.08. The van der Waals surface area contributed by atoms with E-state index in [1.165, 1.54) is 6.08 Å². The Morgan fingerprint density at radius 3 is 2.34 bits per heavy atom. The fraction of sp³-hybridized carbons (Fsp3) is 0.261. The number of carbonyl (C=O) groups excluding carboxylic acids is 3. The van der Waals surface area contributed by atoms with E-state index in [1.54, 1.807) is 6.92 Å². The summed E-state index contributed by atoms with van der Waals surface area (Å²) in [6, 6.07) is 18.0. The lowest BCUT2D eigenvalue weighted by Gasteiger charge is -2.54. The Kier molecular flexibility index (Phi) is 3.84. The van der Waals surface area contributed by atoms with Crippen molar-refractivity contribution in [3.05, 3.63) is 72.0 Å². The zero-order chi connectivity index (χ0) is 20.2. The highest BCUT2D eigenvalue weighted by Gasteiger charge is 2.73. The van der Waals surface area contributed by atoms with Crippen molar-refractivity contribution < 1.29 is 23.9 Å². The SMILES string of the molecule is C[C@]12OC(=O)C=C(OCc3ccc(-c4ccccc4)cc3)[C@H]1[C@H]1C(=O)NC(=O)[C@H]12. The van der Waals surface area contributed by atoms with Gasteiger partial charge in [0, 0.05) is 0 Å². The molecule has 2 fully saturated rings. The molecular weight excluding hydrogens is 370 g/mol. The van der Waals surface area contributed by atoms with Crippen LogP contribution in [0.3, 0.4) is 0 Å². The quantitative estimate of drug-likeness (QED) is 0.642. The van der Waals surface area contributed by atoms with Gasteiger partial charge in [-0.15, -0.1) is 0 Å². The fourth-order valence-electron chi connectivity index (χ4n) is 4.75. The molecule has 5 rings (SSSR count). The van der Waals surface area contributed by atoms with Gasteiger partial charge in [0.25, 0.3) is 0 Å². The summed E-state index contributed by atoms with van der Waals surface area (Å²) in [6.45, 7) is 1.95. The van der Waals surface area contributed by atoms with Crippen LogP contribution < -0.4 is 5.32 Å². The lowest BCUT2D eigenvalue weighted by Crippen LogP contribution is -2.66. The van der Waals surface area contributed by atoms with Crippen molar-refractivity contribution in [1.29, 1.82) is 0 Å². The summed E-state index contributed by atoms with van der Waals surface area (Å²) in [5.74, 6) is -2.51. The minimum atomic E-state index is -1.04. The van der Waals surface area contributed by atoms with Crippen LogP contribution in [0.5, 0.6) is 0 Å². The molecule has 2 amide bonds. The third kappa shape index (κ3) is 2.67. The van der Waals surface area contributed by atoms with E-state index in [0.29, 0.717) is 5.76 Å². The maximum Gasteiger partial charge on any atom is 0.334 e. The smallest absolute Gasteiger partial charge is 0.334 e. The standard InChI is InChI=1S/C23H19NO5/c1-23-19(18-20(23)22(27)24-21(18)26)16(11-17(25)29-23)28-12-13-7-9-15(10-8-13)14-5-3-2-4-6-14/h2-11,18-20H,12H2,1H3,(H,24,26,27)/t18-,19+,20+,23+/m1/s1. The molecule has 29 heavy (non-hydrogen) atoms. The van der Waals surface area contributed by atoms with Crippen LogP contribution in [0.15, 0.2) is 66.4 Å². The van der Waals surface area contributed by atoms with Crippen LogP contribution in [0.25, 0.3) is 11.1 Å². The largest absolute Gasteiger partial charge is 0.492 e. The average molecular weight is 389 g/mol. The van der Waals surface area contributed by atoms with Crippen LogP contribution in [0.2, 0.25) is 0 Å². The molecule has 1 saturated heterocycles. The summed E-state index contributed by atoms with van der Waals surface area (Å²) in [5.41, 5.74) is 2.13. The monoisotopic (exact) mass is 389 g/mol. The Bertz CT molecular complexity index is 1040. The molecule has 6 nitrogen and oxygen atoms in total. The minimum absolute atomic E-state index is 0.258. The Morgan fingerprint density at radius 1 is 0.931 bits per heavy atom. The molecule has 6 heteroatoms. The second-order valence-electron chi connectivity index (χ2n) is 7.84. The van der Waals surface area contributed by atoms with E-state index in [-0.39, 0.29) is 18.4 Å². The summed E-state index contributed by atoms with van der Waals surface area (Å²) in [6.07, 6.45) is 1.29. The number of nitrogens with one attached hydrogen (secondary N) is 1. The van der Waals surface area contributed by atoms with E-state index in [9.17, 15) is 14.4 Å². The predicted molar refractivity (Wildman–Crippen MR) is 103 cm³/mol. The molecule has 0 unspecified atom stereocenters. The average Bonchev–Trinajstić information content (AvgIpc) is 2.97. The first-order chi connectivity index (χ1) is 14.0. The highest BCUT2D eigenvalue weighted by atomic mass is 16.6. The number of fused-ring (bicyclic) bond motifs is 4. The lowest BCUT2D eigenvalue weighted by molar-refractivity contribution is -0.212. The molecule has 1 aliphatic carbocycles. The molecule has 0 aromatic heterocycles. The minimum Gasteiger partial charge on any atom is -0.492 e. The zero-order valence-corrected chi connectivity index (χ0v) is 15.8. The van der Waals surface area contributed by atoms with Gasteiger partial charge in [0.2, 0.25) is 11.8 Å². The summed E-state index contributed by atoms with van der Waals surface area (Å²) < 4.78 is 11.4. The van der Waals surface area contributed by atoms with Crippen molar-refractivity contribution in [2.24, 2.45) is 17.8 Å². The van der Waals surface area contributed by atoms with Crippen LogP contribution in [-0.4, -0.2) is 23.4 Å². The van der Waals surface area contributed by atoms with Crippen LogP contribution in [0, 0.1) is 17.8 Å². The Balaban J connectivity index is 1.33. The van der Waals surface area contributed by atoms with Crippen molar-refractivity contribution in [2.45, 2.75) is 19.1 Å². The molecule has 146 valence electrons. The van der Waals surface area contributed by atoms with Crippen molar-refractivity contribution in [2.75, 3.05) is 0 Å². The van der Waals surface area contributed by atoms with E-state index >= 15 is 0 Å². The van der Waals surface area contributed by atoms with Gasteiger partial charge in [-0.1, -0.05) is 54.6 Å². The van der Waals surface area contributed by atoms with Gasteiger partial charge < -0.3 is 9.47 Å². The third-order valence-electron chi connectivity index (χ3n) is 6.14. The molecule has 3 aliphatic rings. The van der Waals surface area contributed by atoms with E-state index in [0.717, 1.165) is 16.7 Å². The summed E-state index contributed by atoms with van der Waals surface area (Å²) in [5, 5.41) is 2.34. The number of amides is 2. The number of benzene rings is 2. The van der Waals surface area contributed by atoms with Gasteiger partial charge in [0.15, 0.2) is 0 Å². The first kappa shape index (κ1) is 17.7. The number of ether oxygens (including phenoxy) is 2. The van der Waals surface area contributed by atoms with Crippen LogP contribution >= 0.6 is 0 Å². The Morgan fingerprint density at radius 2 is 1.62 bits per heavy atom. The lowest BCUT2D eigenvalue weighted by atomic mass is 9.53. The maximum absolute atomic E-state index is 12.2. The molecule has 0 bridgehead atoms. The number of rotatable bonds is 4. The van der Waals surface area contributed by atoms with Crippen LogP contribution in [0.1, 0.15) is 12.5 Å². The Labute approximate surface area is 167 Å². The van der Waals surface area contributed by atoms with Gasteiger partial charge >= 0.3 is 5.97 Å². The van der Waals surface area contributed by atoms with E-state index in [2.05, 4.69) is 5.32 Å². The van der Waals surface area contributed by atoms with Gasteiger partial charge in [-0.2, -0.15) is 0 Å². The molecule has 2 aromatic rings. The number of imide groups is 1. The normalized spacial score (nSPS) is 29.8. The topological polar surface area (TPSA) is 81.7 Å². The molecule has 1 saturated carbocycles. The van der Waals surface area contributed by atoms with Crippen molar-refractivity contribution >= 4 is 17.8 Å². The number of esters is 1. The first-order valence-corrected chi connectivity index (χ1v) is 9.54. The van der Waals surface area contributed by atoms with E-state index in [4.69, 9.17) is 9.47 Å². The molecule has 1 N–H and O–H groups in total. The number of hydrogen-bond donors (Lipinski definition) is 1. The predicted octanol–water partition coefficient (Wildman–Crippen LogP) is 2.59. The number of hydrogen-bond acceptors (Lipinski definition) is 5. The van der Waals surface area contributed by atoms with Crippen molar-refractivity contribution in [3.8, 4) is 11.1 Å². The van der Waals surface area contributed by atoms with E-state index < -0.39 is 29.3 Å². The van der Waals surface area contributed by atoms with Gasteiger partial charge in [-0.25, -0.2) is 4.79 Å². The molecule has 0 spiro atoms. The van der Waals surface area contributed by atoms with Crippen LogP contribution in [-0.2, 0) is 30.5 Å². The summed E-state index contributed by atoms with van der Waals surface area (Å²) in [7, 11) is 0. The van der Waals surface area contributed by atoms with Gasteiger partial charge in [-0.05, 0) is 23.6 Å². The fourth-order valence-corrected chi connectivity index (χ4v) is 4.75. The van der Waals surface area contributed by atoms with Gasteiger partial charge in [0.05, 0.1) is 23.8 Å². The number of carbonyl (C=O) groups is 3. The first-order valence-electron chi connectivity index (χ1n) is 9.54. The Hall–Kier alpha value is -3.41. The third-order valence-corrected chi connectivity index (χ3v) is 6.14. The summed E-state index contributed by atoms with van der Waals surface area (Å²) in [4.78, 5) is 36.3. The van der Waals surface area contributed by atoms with Crippen molar-refractivity contribution in [1.82, 2.24) is 5.32 Å². The second-order valence-corrected chi connectivity index (χ2v) is 7.84. The van der Waals surface area contributed by atoms with Crippen molar-refractivity contribution in [3.63, 3.8) is 0 Å². The highest BCUT2D eigenvalue weighted by Crippen LogP contribution is 2.58. The molecule has 2 aliphatic heterocycles. The zero-order valence-electron chi connectivity index (χ0n) is 15.8. The van der Waals surface area contributed by atoms with Gasteiger partial charge in [-0.3, -0.25) is 14.9 Å². The second kappa shape index (κ2) is 6.30.